The van der Waals surface area contributed by atoms with Gasteiger partial charge in [-0.15, -0.1) is 0 Å². The highest BCUT2D eigenvalue weighted by molar-refractivity contribution is 6.31. The molecule has 0 aromatic heterocycles. The Morgan fingerprint density at radius 1 is 1.16 bits per heavy atom. The van der Waals surface area contributed by atoms with E-state index < -0.39 is 11.6 Å². The van der Waals surface area contributed by atoms with E-state index in [4.69, 9.17) is 11.6 Å². The molecule has 2 rings (SSSR count). The van der Waals surface area contributed by atoms with Gasteiger partial charge in [0.1, 0.15) is 0 Å². The van der Waals surface area contributed by atoms with E-state index in [1.165, 1.54) is 18.9 Å². The van der Waals surface area contributed by atoms with Gasteiger partial charge in [-0.3, -0.25) is 0 Å². The molecular formula is C15H20ClF2N. The first kappa shape index (κ1) is 14.7. The standard InChI is InChI=1S/C15H20ClF2N/c1-9-3-5-10(6-4-9)15(19-2)11-7-13(17)14(18)8-12(11)16/h7-10,15,19H,3-6H2,1-2H3. The molecule has 1 aliphatic rings. The highest BCUT2D eigenvalue weighted by Gasteiger charge is 2.28. The fraction of sp³-hybridized carbons (Fsp3) is 0.600. The molecule has 19 heavy (non-hydrogen) atoms. The van der Waals surface area contributed by atoms with E-state index in [9.17, 15) is 8.78 Å². The Kier molecular flexibility index (Phi) is 4.80. The molecule has 0 spiro atoms. The third-order valence-electron chi connectivity index (χ3n) is 4.22. The smallest absolute Gasteiger partial charge is 0.160 e. The SMILES string of the molecule is CNC(c1cc(F)c(F)cc1Cl)C1CCC(C)CC1. The van der Waals surface area contributed by atoms with Crippen LogP contribution in [-0.2, 0) is 0 Å². The number of hydrogen-bond donors (Lipinski definition) is 1. The highest BCUT2D eigenvalue weighted by Crippen LogP contribution is 2.39. The quantitative estimate of drug-likeness (QED) is 0.794. The van der Waals surface area contributed by atoms with Crippen molar-refractivity contribution < 1.29 is 8.78 Å². The molecule has 1 saturated carbocycles. The molecule has 0 aliphatic heterocycles. The summed E-state index contributed by atoms with van der Waals surface area (Å²) in [4.78, 5) is 0. The lowest BCUT2D eigenvalue weighted by Gasteiger charge is -2.33. The molecule has 1 aliphatic carbocycles. The first-order chi connectivity index (χ1) is 9.02. The second kappa shape index (κ2) is 6.19. The van der Waals surface area contributed by atoms with Crippen LogP contribution in [0.3, 0.4) is 0 Å². The lowest BCUT2D eigenvalue weighted by molar-refractivity contribution is 0.237. The predicted molar refractivity (Wildman–Crippen MR) is 74.3 cm³/mol. The van der Waals surface area contributed by atoms with Crippen molar-refractivity contribution in [2.75, 3.05) is 7.05 Å². The van der Waals surface area contributed by atoms with E-state index in [2.05, 4.69) is 12.2 Å². The highest BCUT2D eigenvalue weighted by atomic mass is 35.5. The van der Waals surface area contributed by atoms with Gasteiger partial charge in [-0.1, -0.05) is 31.4 Å². The summed E-state index contributed by atoms with van der Waals surface area (Å²) in [5.74, 6) is -0.526. The van der Waals surface area contributed by atoms with Gasteiger partial charge in [0.05, 0.1) is 0 Å². The van der Waals surface area contributed by atoms with Gasteiger partial charge in [-0.2, -0.15) is 0 Å². The van der Waals surface area contributed by atoms with Crippen molar-refractivity contribution in [3.8, 4) is 0 Å². The summed E-state index contributed by atoms with van der Waals surface area (Å²) in [6, 6.07) is 2.30. The van der Waals surface area contributed by atoms with Crippen molar-refractivity contribution in [3.63, 3.8) is 0 Å². The molecule has 0 saturated heterocycles. The van der Waals surface area contributed by atoms with Gasteiger partial charge < -0.3 is 5.32 Å². The molecule has 1 unspecified atom stereocenters. The van der Waals surface area contributed by atoms with Gasteiger partial charge in [-0.05, 0) is 49.4 Å². The minimum Gasteiger partial charge on any atom is -0.313 e. The number of nitrogens with one attached hydrogen (secondary N) is 1. The van der Waals surface area contributed by atoms with Crippen LogP contribution in [0.4, 0.5) is 8.78 Å². The molecule has 0 heterocycles. The van der Waals surface area contributed by atoms with Crippen LogP contribution in [0, 0.1) is 23.5 Å². The van der Waals surface area contributed by atoms with Gasteiger partial charge >= 0.3 is 0 Å². The van der Waals surface area contributed by atoms with Crippen LogP contribution >= 0.6 is 11.6 Å². The van der Waals surface area contributed by atoms with E-state index in [0.29, 0.717) is 16.5 Å². The van der Waals surface area contributed by atoms with Crippen molar-refractivity contribution in [2.45, 2.75) is 38.6 Å². The molecule has 1 fully saturated rings. The first-order valence-electron chi connectivity index (χ1n) is 6.84. The van der Waals surface area contributed by atoms with E-state index in [1.54, 1.807) is 0 Å². The fourth-order valence-electron chi connectivity index (χ4n) is 3.04. The Labute approximate surface area is 118 Å². The maximum absolute atomic E-state index is 13.4. The monoisotopic (exact) mass is 287 g/mol. The van der Waals surface area contributed by atoms with Crippen molar-refractivity contribution in [2.24, 2.45) is 11.8 Å². The van der Waals surface area contributed by atoms with Crippen molar-refractivity contribution in [3.05, 3.63) is 34.4 Å². The minimum atomic E-state index is -0.888. The zero-order chi connectivity index (χ0) is 14.0. The number of rotatable bonds is 3. The summed E-state index contributed by atoms with van der Waals surface area (Å²) in [5, 5.41) is 3.52. The average molecular weight is 288 g/mol. The molecule has 106 valence electrons. The number of halogens is 3. The molecule has 4 heteroatoms. The third-order valence-corrected chi connectivity index (χ3v) is 4.54. The van der Waals surface area contributed by atoms with Crippen LogP contribution in [0.2, 0.25) is 5.02 Å². The average Bonchev–Trinajstić information content (AvgIpc) is 2.38. The summed E-state index contributed by atoms with van der Waals surface area (Å²) < 4.78 is 26.6. The zero-order valence-electron chi connectivity index (χ0n) is 11.3. The summed E-state index contributed by atoms with van der Waals surface area (Å²) in [6.07, 6.45) is 4.57. The molecule has 1 atom stereocenters. The number of benzene rings is 1. The Hall–Kier alpha value is -0.670. The van der Waals surface area contributed by atoms with Crippen LogP contribution in [0.1, 0.15) is 44.2 Å². The summed E-state index contributed by atoms with van der Waals surface area (Å²) >= 11 is 6.08. The van der Waals surface area contributed by atoms with E-state index in [0.717, 1.165) is 24.8 Å². The van der Waals surface area contributed by atoms with Crippen LogP contribution < -0.4 is 5.32 Å². The molecule has 0 radical (unpaired) electrons. The Balaban J connectivity index is 2.24. The van der Waals surface area contributed by atoms with E-state index in [1.807, 2.05) is 7.05 Å². The van der Waals surface area contributed by atoms with Gasteiger partial charge in [0.2, 0.25) is 0 Å². The van der Waals surface area contributed by atoms with E-state index in [-0.39, 0.29) is 6.04 Å². The second-order valence-electron chi connectivity index (χ2n) is 5.57. The van der Waals surface area contributed by atoms with E-state index >= 15 is 0 Å². The maximum Gasteiger partial charge on any atom is 0.160 e. The third kappa shape index (κ3) is 3.26. The van der Waals surface area contributed by atoms with Crippen LogP contribution in [-0.4, -0.2) is 7.05 Å². The van der Waals surface area contributed by atoms with Gasteiger partial charge in [-0.25, -0.2) is 8.78 Å². The van der Waals surface area contributed by atoms with Crippen LogP contribution in [0.15, 0.2) is 12.1 Å². The summed E-state index contributed by atoms with van der Waals surface area (Å²) in [6.45, 7) is 2.26. The second-order valence-corrected chi connectivity index (χ2v) is 5.98. The van der Waals surface area contributed by atoms with Crippen molar-refractivity contribution in [1.82, 2.24) is 5.32 Å². The van der Waals surface area contributed by atoms with Gasteiger partial charge in [0, 0.05) is 11.1 Å². The molecule has 1 aromatic carbocycles. The topological polar surface area (TPSA) is 12.0 Å². The fourth-order valence-corrected chi connectivity index (χ4v) is 3.31. The van der Waals surface area contributed by atoms with Gasteiger partial charge in [0.25, 0.3) is 0 Å². The van der Waals surface area contributed by atoms with Gasteiger partial charge in [0.15, 0.2) is 11.6 Å². The Bertz CT molecular complexity index is 442. The summed E-state index contributed by atoms with van der Waals surface area (Å²) in [5.41, 5.74) is 0.669. The molecule has 1 N–H and O–H groups in total. The Morgan fingerprint density at radius 2 is 1.74 bits per heavy atom. The molecule has 1 aromatic rings. The summed E-state index contributed by atoms with van der Waals surface area (Å²) in [7, 11) is 1.85. The lowest BCUT2D eigenvalue weighted by atomic mass is 9.77. The lowest BCUT2D eigenvalue weighted by Crippen LogP contribution is -2.28. The normalized spacial score (nSPS) is 25.3. The van der Waals surface area contributed by atoms with Crippen LogP contribution in [0.5, 0.6) is 0 Å². The maximum atomic E-state index is 13.4. The molecular weight excluding hydrogens is 268 g/mol. The molecule has 1 nitrogen and oxygen atoms in total. The molecule has 0 amide bonds. The zero-order valence-corrected chi connectivity index (χ0v) is 12.1. The van der Waals surface area contributed by atoms with Crippen LogP contribution in [0.25, 0.3) is 0 Å². The minimum absolute atomic E-state index is 0.00454. The predicted octanol–water partition coefficient (Wildman–Crippen LogP) is 4.71. The molecule has 0 bridgehead atoms. The van der Waals surface area contributed by atoms with Crippen molar-refractivity contribution in [1.29, 1.82) is 0 Å². The Morgan fingerprint density at radius 3 is 2.32 bits per heavy atom. The largest absolute Gasteiger partial charge is 0.313 e. The first-order valence-corrected chi connectivity index (χ1v) is 7.22. The number of hydrogen-bond acceptors (Lipinski definition) is 1. The van der Waals surface area contributed by atoms with Crippen molar-refractivity contribution >= 4 is 11.6 Å².